The molecule has 3 atom stereocenters. The van der Waals surface area contributed by atoms with E-state index < -0.39 is 11.9 Å². The Labute approximate surface area is 424 Å². The summed E-state index contributed by atoms with van der Waals surface area (Å²) in [7, 11) is 3.82. The minimum Gasteiger partial charge on any atom is -0.388 e. The van der Waals surface area contributed by atoms with E-state index in [9.17, 15) is 24.0 Å². The summed E-state index contributed by atoms with van der Waals surface area (Å²) < 4.78 is 23.5. The number of aromatic nitrogens is 5. The molecule has 11 rings (SSSR count). The maximum atomic E-state index is 16.2. The summed E-state index contributed by atoms with van der Waals surface area (Å²) in [5, 5.41) is 6.36. The lowest BCUT2D eigenvalue weighted by atomic mass is 9.85. The average Bonchev–Trinajstić information content (AvgIpc) is 4.10. The van der Waals surface area contributed by atoms with Crippen molar-refractivity contribution in [1.82, 2.24) is 48.2 Å². The molecule has 0 bridgehead atoms. The highest BCUT2D eigenvalue weighted by atomic mass is 19.1. The second kappa shape index (κ2) is 19.8. The molecule has 6 aromatic rings. The number of imidazole rings is 1. The van der Waals surface area contributed by atoms with Gasteiger partial charge < -0.3 is 14.8 Å². The molecule has 2 N–H and O–H groups in total. The first-order chi connectivity index (χ1) is 35.2. The van der Waals surface area contributed by atoms with Gasteiger partial charge in [0.25, 0.3) is 11.5 Å². The van der Waals surface area contributed by atoms with Crippen LogP contribution in [0.15, 0.2) is 76.6 Å². The van der Waals surface area contributed by atoms with Crippen LogP contribution in [0.5, 0.6) is 0 Å². The fraction of sp³-hybridized carbons (Fsp3) is 0.500. The lowest BCUT2D eigenvalue weighted by Gasteiger charge is -2.42. The van der Waals surface area contributed by atoms with E-state index >= 15 is 4.39 Å². The molecule has 4 aromatic heterocycles. The van der Waals surface area contributed by atoms with Gasteiger partial charge in [-0.1, -0.05) is 6.07 Å². The molecule has 0 unspecified atom stereocenters. The van der Waals surface area contributed by atoms with E-state index in [2.05, 4.69) is 66.9 Å². The fourth-order valence-corrected chi connectivity index (χ4v) is 12.7. The van der Waals surface area contributed by atoms with Crippen molar-refractivity contribution in [2.24, 2.45) is 13.0 Å². The van der Waals surface area contributed by atoms with Crippen LogP contribution >= 0.6 is 0 Å². The quantitative estimate of drug-likeness (QED) is 0.128. The van der Waals surface area contributed by atoms with Crippen molar-refractivity contribution in [3.05, 3.63) is 122 Å². The number of benzene rings is 2. The number of carbonyl (C=O) groups excluding carboxylic acids is 3. The van der Waals surface area contributed by atoms with E-state index in [1.807, 2.05) is 47.7 Å². The van der Waals surface area contributed by atoms with Crippen LogP contribution in [-0.4, -0.2) is 126 Å². The van der Waals surface area contributed by atoms with Gasteiger partial charge in [-0.3, -0.25) is 52.9 Å². The Hall–Kier alpha value is -6.43. The Morgan fingerprint density at radius 3 is 2.36 bits per heavy atom. The zero-order chi connectivity index (χ0) is 50.8. The van der Waals surface area contributed by atoms with Crippen LogP contribution < -0.4 is 21.9 Å². The van der Waals surface area contributed by atoms with E-state index in [0.29, 0.717) is 37.0 Å². The molecule has 5 fully saturated rings. The number of nitrogens with zero attached hydrogens (tertiary/aromatic N) is 9. The van der Waals surface area contributed by atoms with Gasteiger partial charge in [0.2, 0.25) is 11.8 Å². The number of nitrogens with one attached hydrogen (secondary N) is 2. The van der Waals surface area contributed by atoms with Gasteiger partial charge >= 0.3 is 5.69 Å². The summed E-state index contributed by atoms with van der Waals surface area (Å²) in [5.74, 6) is -0.544. The lowest BCUT2D eigenvalue weighted by molar-refractivity contribution is -0.135. The summed E-state index contributed by atoms with van der Waals surface area (Å²) in [6.07, 6.45) is 9.42. The molecule has 4 aliphatic heterocycles. The molecule has 73 heavy (non-hydrogen) atoms. The van der Waals surface area contributed by atoms with Gasteiger partial charge in [-0.2, -0.15) is 0 Å². The number of hydrogen-bond donors (Lipinski definition) is 2. The van der Waals surface area contributed by atoms with Crippen molar-refractivity contribution < 1.29 is 18.8 Å². The van der Waals surface area contributed by atoms with Crippen LogP contribution in [0, 0.1) is 18.7 Å². The van der Waals surface area contributed by atoms with Crippen LogP contribution in [0.3, 0.4) is 0 Å². The number of rotatable bonds is 12. The molecule has 8 heterocycles. The maximum Gasteiger partial charge on any atom is 0.330 e. The first-order valence-corrected chi connectivity index (χ1v) is 26.5. The van der Waals surface area contributed by atoms with Crippen LogP contribution in [0.1, 0.15) is 122 Å². The number of pyridine rings is 2. The maximum absolute atomic E-state index is 16.2. The van der Waals surface area contributed by atoms with Crippen molar-refractivity contribution in [1.29, 1.82) is 0 Å². The Morgan fingerprint density at radius 1 is 0.877 bits per heavy atom. The number of piperidine rings is 3. The second-order valence-electron chi connectivity index (χ2n) is 21.6. The number of piperazine rings is 1. The third-order valence-corrected chi connectivity index (χ3v) is 17.0. The summed E-state index contributed by atoms with van der Waals surface area (Å²) in [6, 6.07) is 16.9. The van der Waals surface area contributed by atoms with Gasteiger partial charge in [-0.05, 0) is 150 Å². The summed E-state index contributed by atoms with van der Waals surface area (Å²) in [4.78, 5) is 79.6. The number of amides is 3. The average molecular weight is 994 g/mol. The number of halogens is 1. The van der Waals surface area contributed by atoms with Crippen molar-refractivity contribution in [3.8, 4) is 5.69 Å². The predicted molar refractivity (Wildman–Crippen MR) is 280 cm³/mol. The zero-order valence-electron chi connectivity index (χ0n) is 42.8. The standard InChI is InChI=1S/C56H68FN11O5/c1-34-26-40(28-44(57)52(34)39-15-21-63(22-16-39)36(3)48-30-43-45(12-18-59-53(43)61(48)5)66-23-17-41(58-4)29-51(66)70)55(72)64-19-13-37(14-20-64)33-65-25-24-62(31-35(65)2)32-38-6-9-46-49(27-38)67(42-7-8-42)56(73)68(46)47-10-11-50(69)60-54(47)71/h6,9,12,17-18,23,26-30,35-37,39,42,47,58H,7-8,10-11,13-16,19-22,24-25,31-33H2,1-5H3,(H,60,69,71)/t35-,36-,47-/m0/s1. The Morgan fingerprint density at radius 2 is 1.66 bits per heavy atom. The molecule has 16 nitrogen and oxygen atoms in total. The first-order valence-electron chi connectivity index (χ1n) is 26.5. The number of imide groups is 1. The van der Waals surface area contributed by atoms with Gasteiger partial charge in [0.05, 0.1) is 16.7 Å². The smallest absolute Gasteiger partial charge is 0.330 e. The normalized spacial score (nSPS) is 21.6. The van der Waals surface area contributed by atoms with Gasteiger partial charge in [-0.25, -0.2) is 14.2 Å². The highest BCUT2D eigenvalue weighted by Crippen LogP contribution is 2.39. The highest BCUT2D eigenvalue weighted by molar-refractivity contribution is 6.00. The number of fused-ring (bicyclic) bond motifs is 2. The molecule has 0 spiro atoms. The van der Waals surface area contributed by atoms with Crippen LogP contribution in [0.25, 0.3) is 27.8 Å². The van der Waals surface area contributed by atoms with Crippen molar-refractivity contribution in [3.63, 3.8) is 0 Å². The SMILES string of the molecule is CNc1ccn(-c2ccnc3c2cc([C@H](C)N2CCC(c4c(C)cc(C(=O)N5CCC(CN6CCN(Cc7ccc8c(c7)n(C7CC7)c(=O)n8[C@H]7CCC(=O)NC7=O)C[C@@H]6C)CC5)cc4F)CC2)n3C)c(=O)c1. The number of hydrogen-bond acceptors (Lipinski definition) is 10. The molecule has 5 aliphatic rings. The summed E-state index contributed by atoms with van der Waals surface area (Å²) >= 11 is 0. The van der Waals surface area contributed by atoms with Crippen LogP contribution in [-0.2, 0) is 23.2 Å². The topological polar surface area (TPSA) is 155 Å². The predicted octanol–water partition coefficient (Wildman–Crippen LogP) is 6.64. The van der Waals surface area contributed by atoms with Crippen molar-refractivity contribution in [2.45, 2.75) is 109 Å². The molecule has 4 saturated heterocycles. The molecule has 384 valence electrons. The summed E-state index contributed by atoms with van der Waals surface area (Å²) in [6.45, 7) is 13.9. The molecular weight excluding hydrogens is 926 g/mol. The summed E-state index contributed by atoms with van der Waals surface area (Å²) in [5.41, 5.74) is 7.91. The Kier molecular flexibility index (Phi) is 13.2. The highest BCUT2D eigenvalue weighted by Gasteiger charge is 2.36. The van der Waals surface area contributed by atoms with Gasteiger partial charge in [0, 0.05) is 125 Å². The molecular formula is C56H68FN11O5. The lowest BCUT2D eigenvalue weighted by Crippen LogP contribution is -2.53. The van der Waals surface area contributed by atoms with Crippen molar-refractivity contribution in [2.75, 3.05) is 64.7 Å². The van der Waals surface area contributed by atoms with E-state index in [1.165, 1.54) is 6.07 Å². The minimum atomic E-state index is -0.688. The van der Waals surface area contributed by atoms with E-state index in [1.54, 1.807) is 34.6 Å². The second-order valence-corrected chi connectivity index (χ2v) is 21.6. The first kappa shape index (κ1) is 48.8. The zero-order valence-corrected chi connectivity index (χ0v) is 42.8. The fourth-order valence-electron chi connectivity index (χ4n) is 12.7. The van der Waals surface area contributed by atoms with Gasteiger partial charge in [0.1, 0.15) is 17.5 Å². The molecule has 2 aromatic carbocycles. The van der Waals surface area contributed by atoms with Crippen LogP contribution in [0.2, 0.25) is 0 Å². The molecule has 3 amide bonds. The van der Waals surface area contributed by atoms with E-state index in [0.717, 1.165) is 140 Å². The Bertz CT molecular complexity index is 3220. The third-order valence-electron chi connectivity index (χ3n) is 17.0. The van der Waals surface area contributed by atoms with Crippen LogP contribution in [0.4, 0.5) is 10.1 Å². The van der Waals surface area contributed by atoms with E-state index in [4.69, 9.17) is 0 Å². The molecule has 0 radical (unpaired) electrons. The number of carbonyl (C=O) groups is 3. The molecule has 1 saturated carbocycles. The monoisotopic (exact) mass is 994 g/mol. The number of likely N-dealkylation sites (tertiary alicyclic amines) is 2. The van der Waals surface area contributed by atoms with Crippen molar-refractivity contribution >= 4 is 45.5 Å². The molecule has 17 heteroatoms. The number of aryl methyl sites for hydroxylation is 2. The van der Waals surface area contributed by atoms with Gasteiger partial charge in [0.15, 0.2) is 0 Å². The molecule has 1 aliphatic carbocycles. The third kappa shape index (κ3) is 9.33. The number of anilines is 1. The van der Waals surface area contributed by atoms with E-state index in [-0.39, 0.29) is 53.3 Å². The Balaban J connectivity index is 0.667. The minimum absolute atomic E-state index is 0.0599. The largest absolute Gasteiger partial charge is 0.388 e. The van der Waals surface area contributed by atoms with Gasteiger partial charge in [-0.15, -0.1) is 0 Å².